The molecule has 0 saturated carbocycles. The van der Waals surface area contributed by atoms with Crippen molar-refractivity contribution in [3.05, 3.63) is 58.6 Å². The summed E-state index contributed by atoms with van der Waals surface area (Å²) in [5.74, 6) is 2.06. The molecular weight excluding hydrogens is 366 g/mol. The van der Waals surface area contributed by atoms with E-state index in [1.165, 1.54) is 0 Å². The van der Waals surface area contributed by atoms with E-state index in [1.54, 1.807) is 7.11 Å². The van der Waals surface area contributed by atoms with Gasteiger partial charge in [0.25, 0.3) is 0 Å². The molecule has 0 spiro atoms. The van der Waals surface area contributed by atoms with Crippen LogP contribution < -0.4 is 14.8 Å². The zero-order valence-electron chi connectivity index (χ0n) is 15.1. The van der Waals surface area contributed by atoms with Crippen LogP contribution in [-0.2, 0) is 0 Å². The maximum atomic E-state index is 6.03. The number of benzene rings is 2. The van der Waals surface area contributed by atoms with Crippen LogP contribution in [0.3, 0.4) is 0 Å². The number of tetrazole rings is 1. The maximum Gasteiger partial charge on any atom is 0.243 e. The van der Waals surface area contributed by atoms with E-state index >= 15 is 0 Å². The van der Waals surface area contributed by atoms with E-state index in [9.17, 15) is 0 Å². The Kier molecular flexibility index (Phi) is 4.85. The molecule has 2 unspecified atom stereocenters. The molecule has 27 heavy (non-hydrogen) atoms. The monoisotopic (exact) mass is 385 g/mol. The van der Waals surface area contributed by atoms with Crippen LogP contribution in [0.15, 0.2) is 42.5 Å². The minimum absolute atomic E-state index is 0.0264. The lowest BCUT2D eigenvalue weighted by molar-refractivity contribution is 0.310. The maximum absolute atomic E-state index is 6.03. The van der Waals surface area contributed by atoms with E-state index in [1.807, 2.05) is 54.1 Å². The molecule has 1 aliphatic rings. The number of rotatable bonds is 5. The molecule has 4 rings (SSSR count). The van der Waals surface area contributed by atoms with Gasteiger partial charge in [0, 0.05) is 5.02 Å². The molecule has 2 atom stereocenters. The third kappa shape index (κ3) is 3.42. The van der Waals surface area contributed by atoms with Crippen LogP contribution in [0, 0.1) is 0 Å². The smallest absolute Gasteiger partial charge is 0.243 e. The number of ether oxygens (including phenoxy) is 2. The zero-order chi connectivity index (χ0) is 18.8. The molecule has 7 nitrogen and oxygen atoms in total. The fraction of sp³-hybridized carbons (Fsp3) is 0.316. The highest BCUT2D eigenvalue weighted by molar-refractivity contribution is 6.30. The average molecular weight is 386 g/mol. The van der Waals surface area contributed by atoms with Gasteiger partial charge in [-0.2, -0.15) is 0 Å². The summed E-state index contributed by atoms with van der Waals surface area (Å²) in [6.45, 7) is 2.53. The summed E-state index contributed by atoms with van der Waals surface area (Å²) in [4.78, 5) is 0. The fourth-order valence-corrected chi connectivity index (χ4v) is 3.52. The van der Waals surface area contributed by atoms with Gasteiger partial charge in [-0.05, 0) is 59.2 Å². The van der Waals surface area contributed by atoms with Crippen LogP contribution in [-0.4, -0.2) is 33.9 Å². The van der Waals surface area contributed by atoms with Crippen LogP contribution in [0.1, 0.15) is 36.6 Å². The van der Waals surface area contributed by atoms with Gasteiger partial charge in [0.15, 0.2) is 11.5 Å². The second kappa shape index (κ2) is 7.44. The lowest BCUT2D eigenvalue weighted by Crippen LogP contribution is -2.28. The highest BCUT2D eigenvalue weighted by Crippen LogP contribution is 2.39. The number of halogens is 1. The Morgan fingerprint density at radius 2 is 1.93 bits per heavy atom. The molecule has 2 heterocycles. The first-order valence-electron chi connectivity index (χ1n) is 8.80. The first-order valence-corrected chi connectivity index (χ1v) is 9.18. The van der Waals surface area contributed by atoms with Gasteiger partial charge in [-0.3, -0.25) is 0 Å². The van der Waals surface area contributed by atoms with Crippen molar-refractivity contribution in [2.24, 2.45) is 0 Å². The third-order valence-corrected chi connectivity index (χ3v) is 4.95. The summed E-state index contributed by atoms with van der Waals surface area (Å²) in [5.41, 5.74) is 2.20. The minimum atomic E-state index is -0.0264. The lowest BCUT2D eigenvalue weighted by Gasteiger charge is -2.31. The number of aromatic nitrogens is 4. The Bertz CT molecular complexity index is 928. The highest BCUT2D eigenvalue weighted by atomic mass is 35.5. The Morgan fingerprint density at radius 3 is 2.67 bits per heavy atom. The predicted molar refractivity (Wildman–Crippen MR) is 103 cm³/mol. The van der Waals surface area contributed by atoms with Crippen LogP contribution in [0.5, 0.6) is 11.5 Å². The van der Waals surface area contributed by atoms with Crippen molar-refractivity contribution in [2.45, 2.75) is 25.4 Å². The number of methoxy groups -OCH3 is 1. The van der Waals surface area contributed by atoms with Crippen molar-refractivity contribution in [2.75, 3.05) is 19.0 Å². The van der Waals surface area contributed by atoms with Gasteiger partial charge in [0.1, 0.15) is 0 Å². The number of nitrogens with one attached hydrogen (secondary N) is 1. The van der Waals surface area contributed by atoms with Gasteiger partial charge in [-0.15, -0.1) is 0 Å². The highest BCUT2D eigenvalue weighted by Gasteiger charge is 2.31. The van der Waals surface area contributed by atoms with Crippen molar-refractivity contribution in [1.82, 2.24) is 20.2 Å². The average Bonchev–Trinajstić information content (AvgIpc) is 3.17. The standard InChI is InChI=1S/C19H20ClN5O2/c1-3-27-17-9-6-13(10-18(17)26-2)16-11-15(12-4-7-14(20)8-5-12)21-19-22-23-24-25(16)19/h4-10,15-16H,3,11H2,1-2H3,(H,21,22,24). The lowest BCUT2D eigenvalue weighted by atomic mass is 9.93. The number of hydrogen-bond acceptors (Lipinski definition) is 6. The molecule has 1 aliphatic heterocycles. The van der Waals surface area contributed by atoms with E-state index in [4.69, 9.17) is 21.1 Å². The molecule has 0 fully saturated rings. The van der Waals surface area contributed by atoms with Crippen LogP contribution in [0.25, 0.3) is 0 Å². The predicted octanol–water partition coefficient (Wildman–Crippen LogP) is 3.88. The van der Waals surface area contributed by atoms with Gasteiger partial charge in [0.05, 0.1) is 25.8 Å². The van der Waals surface area contributed by atoms with Crippen molar-refractivity contribution < 1.29 is 9.47 Å². The second-order valence-corrected chi connectivity index (χ2v) is 6.73. The van der Waals surface area contributed by atoms with Gasteiger partial charge >= 0.3 is 0 Å². The van der Waals surface area contributed by atoms with E-state index in [0.29, 0.717) is 23.3 Å². The van der Waals surface area contributed by atoms with Crippen LogP contribution >= 0.6 is 11.6 Å². The SMILES string of the molecule is CCOc1ccc(C2CC(c3ccc(Cl)cc3)Nc3nnnn32)cc1OC. The van der Waals surface area contributed by atoms with E-state index in [2.05, 4.69) is 20.8 Å². The molecular formula is C19H20ClN5O2. The molecule has 3 aromatic rings. The van der Waals surface area contributed by atoms with Crippen molar-refractivity contribution in [3.8, 4) is 11.5 Å². The molecule has 0 aliphatic carbocycles. The summed E-state index contributed by atoms with van der Waals surface area (Å²) in [6, 6.07) is 13.8. The minimum Gasteiger partial charge on any atom is -0.493 e. The second-order valence-electron chi connectivity index (χ2n) is 6.29. The van der Waals surface area contributed by atoms with E-state index < -0.39 is 0 Å². The molecule has 0 bridgehead atoms. The Balaban J connectivity index is 1.70. The van der Waals surface area contributed by atoms with Crippen molar-refractivity contribution in [1.29, 1.82) is 0 Å². The molecule has 140 valence electrons. The molecule has 1 aromatic heterocycles. The first kappa shape index (κ1) is 17.6. The molecule has 0 saturated heterocycles. The number of hydrogen-bond donors (Lipinski definition) is 1. The Morgan fingerprint density at radius 1 is 1.15 bits per heavy atom. The summed E-state index contributed by atoms with van der Waals surface area (Å²) in [5, 5.41) is 16.2. The number of fused-ring (bicyclic) bond motifs is 1. The van der Waals surface area contributed by atoms with Crippen molar-refractivity contribution in [3.63, 3.8) is 0 Å². The van der Waals surface area contributed by atoms with Gasteiger partial charge in [0.2, 0.25) is 5.95 Å². The Labute approximate surface area is 162 Å². The topological polar surface area (TPSA) is 74.1 Å². The van der Waals surface area contributed by atoms with Crippen molar-refractivity contribution >= 4 is 17.5 Å². The molecule has 1 N–H and O–H groups in total. The Hall–Kier alpha value is -2.80. The largest absolute Gasteiger partial charge is 0.493 e. The zero-order valence-corrected chi connectivity index (χ0v) is 15.8. The summed E-state index contributed by atoms with van der Waals surface area (Å²) < 4.78 is 12.9. The number of anilines is 1. The quantitative estimate of drug-likeness (QED) is 0.718. The van der Waals surface area contributed by atoms with Crippen LogP contribution in [0.2, 0.25) is 5.02 Å². The third-order valence-electron chi connectivity index (χ3n) is 4.69. The molecule has 8 heteroatoms. The van der Waals surface area contributed by atoms with Gasteiger partial charge in [-0.1, -0.05) is 34.9 Å². The van der Waals surface area contributed by atoms with E-state index in [0.717, 1.165) is 23.3 Å². The number of nitrogens with zero attached hydrogens (tertiary/aromatic N) is 4. The normalized spacial score (nSPS) is 18.5. The summed E-state index contributed by atoms with van der Waals surface area (Å²) in [6.07, 6.45) is 0.789. The molecule has 0 radical (unpaired) electrons. The summed E-state index contributed by atoms with van der Waals surface area (Å²) >= 11 is 6.03. The molecule has 2 aromatic carbocycles. The van der Waals surface area contributed by atoms with Crippen LogP contribution in [0.4, 0.5) is 5.95 Å². The first-order chi connectivity index (χ1) is 13.2. The fourth-order valence-electron chi connectivity index (χ4n) is 3.39. The molecule has 0 amide bonds. The summed E-state index contributed by atoms with van der Waals surface area (Å²) in [7, 11) is 1.64. The van der Waals surface area contributed by atoms with Gasteiger partial charge in [-0.25, -0.2) is 4.68 Å². The van der Waals surface area contributed by atoms with E-state index in [-0.39, 0.29) is 12.1 Å². The van der Waals surface area contributed by atoms with Gasteiger partial charge < -0.3 is 14.8 Å².